The summed E-state index contributed by atoms with van der Waals surface area (Å²) < 4.78 is 5.58. The Balaban J connectivity index is 2.08. The molecule has 1 atom stereocenters. The van der Waals surface area contributed by atoms with Gasteiger partial charge in [-0.3, -0.25) is 9.59 Å². The molecule has 0 spiro atoms. The van der Waals surface area contributed by atoms with Crippen molar-refractivity contribution in [1.82, 2.24) is 4.90 Å². The second-order valence-electron chi connectivity index (χ2n) is 5.21. The highest BCUT2D eigenvalue weighted by molar-refractivity contribution is 6.08. The first kappa shape index (κ1) is 15.8. The van der Waals surface area contributed by atoms with Crippen LogP contribution < -0.4 is 4.74 Å². The second kappa shape index (κ2) is 6.89. The molecule has 114 valence electrons. The average molecular weight is 297 g/mol. The third kappa shape index (κ3) is 3.73. The standard InChI is InChI=1S/C18H19NO3/c1-13(18(21)19(2)3)22-16-11-9-15(10-12-16)17(20)14-7-5-4-6-8-14/h4-13H,1-3H3. The largest absolute Gasteiger partial charge is 0.481 e. The van der Waals surface area contributed by atoms with Crippen molar-refractivity contribution in [2.45, 2.75) is 13.0 Å². The summed E-state index contributed by atoms with van der Waals surface area (Å²) in [6.07, 6.45) is -0.564. The normalized spacial score (nSPS) is 11.6. The Morgan fingerprint density at radius 3 is 2.00 bits per heavy atom. The van der Waals surface area contributed by atoms with Gasteiger partial charge in [0.05, 0.1) is 0 Å². The van der Waals surface area contributed by atoms with Crippen LogP contribution in [0.25, 0.3) is 0 Å². The van der Waals surface area contributed by atoms with Crippen LogP contribution in [0, 0.1) is 0 Å². The lowest BCUT2D eigenvalue weighted by atomic mass is 10.0. The summed E-state index contributed by atoms with van der Waals surface area (Å²) in [5.74, 6) is 0.418. The minimum absolute atomic E-state index is 0.0374. The van der Waals surface area contributed by atoms with Crippen LogP contribution in [0.3, 0.4) is 0 Å². The number of rotatable bonds is 5. The summed E-state index contributed by atoms with van der Waals surface area (Å²) in [7, 11) is 3.37. The smallest absolute Gasteiger partial charge is 0.262 e. The van der Waals surface area contributed by atoms with Gasteiger partial charge in [0.15, 0.2) is 11.9 Å². The van der Waals surface area contributed by atoms with Crippen LogP contribution in [0.4, 0.5) is 0 Å². The number of carbonyl (C=O) groups excluding carboxylic acids is 2. The van der Waals surface area contributed by atoms with Crippen LogP contribution in [0.2, 0.25) is 0 Å². The van der Waals surface area contributed by atoms with E-state index in [1.54, 1.807) is 57.4 Å². The van der Waals surface area contributed by atoms with E-state index in [0.29, 0.717) is 16.9 Å². The van der Waals surface area contributed by atoms with Gasteiger partial charge < -0.3 is 9.64 Å². The summed E-state index contributed by atoms with van der Waals surface area (Å²) >= 11 is 0. The van der Waals surface area contributed by atoms with E-state index in [0.717, 1.165) is 0 Å². The lowest BCUT2D eigenvalue weighted by molar-refractivity contribution is -0.135. The fraction of sp³-hybridized carbons (Fsp3) is 0.222. The maximum Gasteiger partial charge on any atom is 0.262 e. The summed E-state index contributed by atoms with van der Waals surface area (Å²) in [5, 5.41) is 0. The Morgan fingerprint density at radius 2 is 1.45 bits per heavy atom. The molecule has 4 heteroatoms. The minimum Gasteiger partial charge on any atom is -0.481 e. The molecule has 1 unspecified atom stereocenters. The molecule has 0 aliphatic heterocycles. The van der Waals surface area contributed by atoms with Crippen LogP contribution in [0.1, 0.15) is 22.8 Å². The van der Waals surface area contributed by atoms with Crippen LogP contribution in [0.15, 0.2) is 54.6 Å². The van der Waals surface area contributed by atoms with Gasteiger partial charge in [0.25, 0.3) is 5.91 Å². The van der Waals surface area contributed by atoms with Crippen LogP contribution >= 0.6 is 0 Å². The molecule has 2 aromatic rings. The van der Waals surface area contributed by atoms with Crippen molar-refractivity contribution in [3.05, 3.63) is 65.7 Å². The van der Waals surface area contributed by atoms with Gasteiger partial charge in [0.2, 0.25) is 0 Å². The number of carbonyl (C=O) groups is 2. The Hall–Kier alpha value is -2.62. The van der Waals surface area contributed by atoms with E-state index in [1.165, 1.54) is 4.90 Å². The first-order chi connectivity index (χ1) is 10.5. The number of ether oxygens (including phenoxy) is 1. The van der Waals surface area contributed by atoms with Crippen molar-refractivity contribution in [2.24, 2.45) is 0 Å². The molecule has 2 aromatic carbocycles. The molecule has 0 radical (unpaired) electrons. The fourth-order valence-corrected chi connectivity index (χ4v) is 2.06. The number of hydrogen-bond donors (Lipinski definition) is 0. The predicted molar refractivity (Wildman–Crippen MR) is 85.1 cm³/mol. The van der Waals surface area contributed by atoms with Crippen molar-refractivity contribution in [3.8, 4) is 5.75 Å². The van der Waals surface area contributed by atoms with Crippen molar-refractivity contribution < 1.29 is 14.3 Å². The number of ketones is 1. The molecule has 0 aliphatic carbocycles. The molecule has 0 fully saturated rings. The van der Waals surface area contributed by atoms with Gasteiger partial charge in [-0.15, -0.1) is 0 Å². The molecule has 0 saturated heterocycles. The zero-order valence-electron chi connectivity index (χ0n) is 12.9. The van der Waals surface area contributed by atoms with Gasteiger partial charge >= 0.3 is 0 Å². The highest BCUT2D eigenvalue weighted by Crippen LogP contribution is 2.17. The maximum absolute atomic E-state index is 12.3. The van der Waals surface area contributed by atoms with Gasteiger partial charge in [0, 0.05) is 25.2 Å². The molecular formula is C18H19NO3. The van der Waals surface area contributed by atoms with Crippen molar-refractivity contribution in [2.75, 3.05) is 14.1 Å². The van der Waals surface area contributed by atoms with Crippen LogP contribution in [-0.4, -0.2) is 36.8 Å². The monoisotopic (exact) mass is 297 g/mol. The van der Waals surface area contributed by atoms with Gasteiger partial charge in [-0.05, 0) is 31.2 Å². The van der Waals surface area contributed by atoms with E-state index >= 15 is 0 Å². The van der Waals surface area contributed by atoms with Gasteiger partial charge in [-0.25, -0.2) is 0 Å². The van der Waals surface area contributed by atoms with Gasteiger partial charge in [-0.2, -0.15) is 0 Å². The van der Waals surface area contributed by atoms with E-state index in [2.05, 4.69) is 0 Å². The van der Waals surface area contributed by atoms with Crippen molar-refractivity contribution in [1.29, 1.82) is 0 Å². The zero-order chi connectivity index (χ0) is 16.1. The summed E-state index contributed by atoms with van der Waals surface area (Å²) in [5.41, 5.74) is 1.23. The molecular weight excluding hydrogens is 278 g/mol. The quantitative estimate of drug-likeness (QED) is 0.797. The molecule has 0 bridgehead atoms. The Morgan fingerprint density at radius 1 is 0.909 bits per heavy atom. The Kier molecular flexibility index (Phi) is 4.94. The lowest BCUT2D eigenvalue weighted by Crippen LogP contribution is -2.35. The average Bonchev–Trinajstić information content (AvgIpc) is 2.54. The summed E-state index contributed by atoms with van der Waals surface area (Å²) in [6, 6.07) is 15.9. The Labute approximate surface area is 130 Å². The molecule has 22 heavy (non-hydrogen) atoms. The van der Waals surface area contributed by atoms with Crippen LogP contribution in [0.5, 0.6) is 5.75 Å². The molecule has 0 saturated carbocycles. The number of nitrogens with zero attached hydrogens (tertiary/aromatic N) is 1. The molecule has 0 aromatic heterocycles. The topological polar surface area (TPSA) is 46.6 Å². The summed E-state index contributed by atoms with van der Waals surface area (Å²) in [4.78, 5) is 25.5. The lowest BCUT2D eigenvalue weighted by Gasteiger charge is -2.18. The number of likely N-dealkylation sites (N-methyl/N-ethyl adjacent to an activating group) is 1. The number of hydrogen-bond acceptors (Lipinski definition) is 3. The molecule has 0 heterocycles. The zero-order valence-corrected chi connectivity index (χ0v) is 12.9. The third-order valence-corrected chi connectivity index (χ3v) is 3.25. The molecule has 0 aliphatic rings. The fourth-order valence-electron chi connectivity index (χ4n) is 2.06. The van der Waals surface area contributed by atoms with E-state index in [1.807, 2.05) is 18.2 Å². The Bertz CT molecular complexity index is 648. The van der Waals surface area contributed by atoms with E-state index in [9.17, 15) is 9.59 Å². The van der Waals surface area contributed by atoms with Gasteiger partial charge in [0.1, 0.15) is 5.75 Å². The molecule has 0 N–H and O–H groups in total. The minimum atomic E-state index is -0.564. The first-order valence-electron chi connectivity index (χ1n) is 7.06. The van der Waals surface area contributed by atoms with E-state index in [-0.39, 0.29) is 11.7 Å². The molecule has 4 nitrogen and oxygen atoms in total. The highest BCUT2D eigenvalue weighted by Gasteiger charge is 2.16. The van der Waals surface area contributed by atoms with Crippen molar-refractivity contribution >= 4 is 11.7 Å². The molecule has 1 amide bonds. The second-order valence-corrected chi connectivity index (χ2v) is 5.21. The first-order valence-corrected chi connectivity index (χ1v) is 7.06. The number of amides is 1. The number of benzene rings is 2. The highest BCUT2D eigenvalue weighted by atomic mass is 16.5. The van der Waals surface area contributed by atoms with Crippen molar-refractivity contribution in [3.63, 3.8) is 0 Å². The third-order valence-electron chi connectivity index (χ3n) is 3.25. The van der Waals surface area contributed by atoms with E-state index in [4.69, 9.17) is 4.74 Å². The van der Waals surface area contributed by atoms with E-state index < -0.39 is 6.10 Å². The maximum atomic E-state index is 12.3. The predicted octanol–water partition coefficient (Wildman–Crippen LogP) is 2.77. The summed E-state index contributed by atoms with van der Waals surface area (Å²) in [6.45, 7) is 1.70. The van der Waals surface area contributed by atoms with Gasteiger partial charge in [-0.1, -0.05) is 30.3 Å². The molecule has 2 rings (SSSR count). The van der Waals surface area contributed by atoms with Crippen LogP contribution in [-0.2, 0) is 4.79 Å². The SMILES string of the molecule is CC(Oc1ccc(C(=O)c2ccccc2)cc1)C(=O)N(C)C.